The lowest BCUT2D eigenvalue weighted by atomic mass is 10.1. The Labute approximate surface area is 56.8 Å². The van der Waals surface area contributed by atoms with Crippen LogP contribution in [-0.2, 0) is 0 Å². The fourth-order valence-electron chi connectivity index (χ4n) is 0.636. The van der Waals surface area contributed by atoms with Crippen LogP contribution in [0.2, 0.25) is 0 Å². The third-order valence-electron chi connectivity index (χ3n) is 1.02. The van der Waals surface area contributed by atoms with Gasteiger partial charge in [-0.25, -0.2) is 8.78 Å². The Hall–Kier alpha value is -0.370. The molecule has 0 saturated carbocycles. The van der Waals surface area contributed by atoms with Gasteiger partial charge in [-0.05, 0) is 12.2 Å². The summed E-state index contributed by atoms with van der Waals surface area (Å²) in [6, 6.07) is 0. The van der Waals surface area contributed by atoms with Crippen molar-refractivity contribution < 1.29 is 8.78 Å². The quantitative estimate of drug-likeness (QED) is 0.498. The zero-order valence-electron chi connectivity index (χ0n) is 4.57. The molecule has 1 aliphatic carbocycles. The van der Waals surface area contributed by atoms with E-state index in [1.54, 1.807) is 0 Å². The number of alkyl halides is 2. The minimum absolute atomic E-state index is 0.211. The van der Waals surface area contributed by atoms with Crippen molar-refractivity contribution in [3.63, 3.8) is 0 Å². The Balaban J connectivity index is 2.73. The van der Waals surface area contributed by atoms with Crippen molar-refractivity contribution in [2.75, 3.05) is 0 Å². The van der Waals surface area contributed by atoms with Gasteiger partial charge in [-0.2, -0.15) is 0 Å². The SMILES string of the molecule is FC1(F)C=CC=C(Cl)C1. The van der Waals surface area contributed by atoms with Crippen LogP contribution in [0.5, 0.6) is 0 Å². The summed E-state index contributed by atoms with van der Waals surface area (Å²) in [5, 5.41) is 0.211. The largest absolute Gasteiger partial charge is 0.271 e. The summed E-state index contributed by atoms with van der Waals surface area (Å²) in [5.41, 5.74) is 0. The van der Waals surface area contributed by atoms with Crippen molar-refractivity contribution in [2.24, 2.45) is 0 Å². The fourth-order valence-corrected chi connectivity index (χ4v) is 0.887. The van der Waals surface area contributed by atoms with E-state index in [0.29, 0.717) is 0 Å². The third-order valence-corrected chi connectivity index (χ3v) is 1.28. The van der Waals surface area contributed by atoms with E-state index >= 15 is 0 Å². The molecule has 9 heavy (non-hydrogen) atoms. The fraction of sp³-hybridized carbons (Fsp3) is 0.333. The van der Waals surface area contributed by atoms with Gasteiger partial charge in [0.2, 0.25) is 0 Å². The van der Waals surface area contributed by atoms with Gasteiger partial charge in [-0.3, -0.25) is 0 Å². The molecule has 3 heteroatoms. The molecule has 0 saturated heterocycles. The average molecular weight is 151 g/mol. The molecule has 0 bridgehead atoms. The molecule has 1 aliphatic rings. The van der Waals surface area contributed by atoms with Crippen LogP contribution in [0.3, 0.4) is 0 Å². The zero-order chi connectivity index (χ0) is 6.91. The topological polar surface area (TPSA) is 0 Å². The second-order valence-corrected chi connectivity index (χ2v) is 2.40. The summed E-state index contributed by atoms with van der Waals surface area (Å²) in [6.07, 6.45) is 3.23. The smallest absolute Gasteiger partial charge is 0.202 e. The number of halogens is 3. The second-order valence-electron chi connectivity index (χ2n) is 1.91. The highest BCUT2D eigenvalue weighted by atomic mass is 35.5. The highest BCUT2D eigenvalue weighted by Crippen LogP contribution is 2.29. The molecule has 0 nitrogen and oxygen atoms in total. The van der Waals surface area contributed by atoms with E-state index in [2.05, 4.69) is 0 Å². The molecule has 0 amide bonds. The van der Waals surface area contributed by atoms with E-state index in [1.165, 1.54) is 12.2 Å². The minimum atomic E-state index is -2.73. The summed E-state index contributed by atoms with van der Waals surface area (Å²) in [5.74, 6) is -2.73. The highest BCUT2D eigenvalue weighted by molar-refractivity contribution is 6.29. The predicted octanol–water partition coefficient (Wildman–Crippen LogP) is 2.70. The average Bonchev–Trinajstić information content (AvgIpc) is 1.60. The monoisotopic (exact) mass is 150 g/mol. The lowest BCUT2D eigenvalue weighted by Gasteiger charge is -2.12. The van der Waals surface area contributed by atoms with E-state index in [-0.39, 0.29) is 11.5 Å². The Kier molecular flexibility index (Phi) is 1.58. The van der Waals surface area contributed by atoms with Gasteiger partial charge in [0.25, 0.3) is 5.92 Å². The molecule has 0 atom stereocenters. The molecule has 0 aliphatic heterocycles. The number of allylic oxidation sites excluding steroid dienone is 4. The minimum Gasteiger partial charge on any atom is -0.202 e. The van der Waals surface area contributed by atoms with Gasteiger partial charge in [-0.15, -0.1) is 0 Å². The van der Waals surface area contributed by atoms with Gasteiger partial charge in [-0.1, -0.05) is 17.7 Å². The van der Waals surface area contributed by atoms with Crippen LogP contribution >= 0.6 is 11.6 Å². The van der Waals surface area contributed by atoms with Gasteiger partial charge in [0.15, 0.2) is 0 Å². The molecular formula is C6H5ClF2. The lowest BCUT2D eigenvalue weighted by molar-refractivity contribution is 0.0564. The summed E-state index contributed by atoms with van der Waals surface area (Å²) in [6.45, 7) is 0. The maximum atomic E-state index is 12.2. The molecule has 1 rings (SSSR count). The standard InChI is InChI=1S/C6H5ClF2/c7-5-2-1-3-6(8,9)4-5/h1-3H,4H2. The highest BCUT2D eigenvalue weighted by Gasteiger charge is 2.27. The van der Waals surface area contributed by atoms with Gasteiger partial charge in [0.1, 0.15) is 0 Å². The number of hydrogen-bond acceptors (Lipinski definition) is 0. The Morgan fingerprint density at radius 1 is 1.56 bits per heavy atom. The Morgan fingerprint density at radius 2 is 2.22 bits per heavy atom. The predicted molar refractivity (Wildman–Crippen MR) is 32.6 cm³/mol. The van der Waals surface area contributed by atoms with Gasteiger partial charge >= 0.3 is 0 Å². The summed E-state index contributed by atoms with van der Waals surface area (Å²) < 4.78 is 24.5. The molecular weight excluding hydrogens is 146 g/mol. The first kappa shape index (κ1) is 6.75. The Morgan fingerprint density at radius 3 is 2.56 bits per heavy atom. The van der Waals surface area contributed by atoms with Crippen molar-refractivity contribution in [1.82, 2.24) is 0 Å². The van der Waals surface area contributed by atoms with E-state index in [1.807, 2.05) is 0 Å². The van der Waals surface area contributed by atoms with Crippen LogP contribution in [0.15, 0.2) is 23.3 Å². The van der Waals surface area contributed by atoms with Crippen molar-refractivity contribution in [1.29, 1.82) is 0 Å². The third kappa shape index (κ3) is 1.79. The molecule has 0 aromatic rings. The molecule has 0 unspecified atom stereocenters. The van der Waals surface area contributed by atoms with Crippen molar-refractivity contribution in [3.8, 4) is 0 Å². The van der Waals surface area contributed by atoms with Crippen molar-refractivity contribution in [2.45, 2.75) is 12.3 Å². The maximum absolute atomic E-state index is 12.2. The normalized spacial score (nSPS) is 23.7. The molecule has 0 aromatic heterocycles. The molecule has 50 valence electrons. The first-order valence-corrected chi connectivity index (χ1v) is 2.90. The molecule has 0 heterocycles. The van der Waals surface area contributed by atoms with Crippen molar-refractivity contribution in [3.05, 3.63) is 23.3 Å². The zero-order valence-corrected chi connectivity index (χ0v) is 5.33. The van der Waals surface area contributed by atoms with Crippen LogP contribution in [0.1, 0.15) is 6.42 Å². The molecule has 0 spiro atoms. The maximum Gasteiger partial charge on any atom is 0.271 e. The first-order chi connectivity index (χ1) is 4.10. The first-order valence-electron chi connectivity index (χ1n) is 2.52. The lowest BCUT2D eigenvalue weighted by Crippen LogP contribution is -2.13. The van der Waals surface area contributed by atoms with E-state index < -0.39 is 5.92 Å². The summed E-state index contributed by atoms with van der Waals surface area (Å²) >= 11 is 5.33. The molecule has 0 N–H and O–H groups in total. The Bertz CT molecular complexity index is 170. The van der Waals surface area contributed by atoms with Gasteiger partial charge < -0.3 is 0 Å². The van der Waals surface area contributed by atoms with Gasteiger partial charge in [0, 0.05) is 5.03 Å². The van der Waals surface area contributed by atoms with Crippen LogP contribution < -0.4 is 0 Å². The van der Waals surface area contributed by atoms with Crippen LogP contribution in [0, 0.1) is 0 Å². The summed E-state index contributed by atoms with van der Waals surface area (Å²) in [7, 11) is 0. The molecule has 0 fully saturated rings. The number of hydrogen-bond donors (Lipinski definition) is 0. The molecule has 0 radical (unpaired) electrons. The second kappa shape index (κ2) is 2.10. The van der Waals surface area contributed by atoms with Gasteiger partial charge in [0.05, 0.1) is 6.42 Å². The summed E-state index contributed by atoms with van der Waals surface area (Å²) in [4.78, 5) is 0. The van der Waals surface area contributed by atoms with Crippen LogP contribution in [0.25, 0.3) is 0 Å². The molecule has 0 aromatic carbocycles. The van der Waals surface area contributed by atoms with Crippen molar-refractivity contribution >= 4 is 11.6 Å². The van der Waals surface area contributed by atoms with Crippen LogP contribution in [-0.4, -0.2) is 5.92 Å². The van der Waals surface area contributed by atoms with E-state index in [4.69, 9.17) is 11.6 Å². The van der Waals surface area contributed by atoms with E-state index in [9.17, 15) is 8.78 Å². The van der Waals surface area contributed by atoms with E-state index in [0.717, 1.165) is 6.08 Å². The number of rotatable bonds is 0. The van der Waals surface area contributed by atoms with Crippen LogP contribution in [0.4, 0.5) is 8.78 Å².